The van der Waals surface area contributed by atoms with Gasteiger partial charge in [-0.05, 0) is 31.2 Å². The molecule has 1 unspecified atom stereocenters. The zero-order valence-electron chi connectivity index (χ0n) is 11.7. The largest absolute Gasteiger partial charge is 0.251 e. The number of pyridine rings is 2. The Morgan fingerprint density at radius 1 is 1.20 bits per heavy atom. The van der Waals surface area contributed by atoms with E-state index in [2.05, 4.69) is 24.6 Å². The fourth-order valence-corrected chi connectivity index (χ4v) is 2.45. The van der Waals surface area contributed by atoms with Gasteiger partial charge in [-0.3, -0.25) is 4.98 Å². The van der Waals surface area contributed by atoms with Gasteiger partial charge in [0.2, 0.25) is 0 Å². The molecule has 0 aliphatic heterocycles. The molecule has 3 heteroatoms. The molecule has 0 aromatic carbocycles. The minimum Gasteiger partial charge on any atom is -0.251 e. The van der Waals surface area contributed by atoms with Crippen molar-refractivity contribution >= 4 is 5.52 Å². The number of nitrogens with zero attached hydrogens (tertiary/aromatic N) is 3. The zero-order valence-corrected chi connectivity index (χ0v) is 11.7. The maximum atomic E-state index is 4.70. The van der Waals surface area contributed by atoms with Crippen LogP contribution in [0.5, 0.6) is 0 Å². The van der Waals surface area contributed by atoms with Crippen LogP contribution in [0.4, 0.5) is 0 Å². The third-order valence-corrected chi connectivity index (χ3v) is 3.52. The molecule has 0 saturated heterocycles. The van der Waals surface area contributed by atoms with Gasteiger partial charge in [-0.15, -0.1) is 6.58 Å². The van der Waals surface area contributed by atoms with Crippen LogP contribution < -0.4 is 0 Å². The summed E-state index contributed by atoms with van der Waals surface area (Å²) in [6.07, 6.45) is 3.91. The predicted molar refractivity (Wildman–Crippen MR) is 81.8 cm³/mol. The van der Waals surface area contributed by atoms with Gasteiger partial charge < -0.3 is 0 Å². The molecule has 3 aromatic heterocycles. The lowest BCUT2D eigenvalue weighted by molar-refractivity contribution is 0.960. The summed E-state index contributed by atoms with van der Waals surface area (Å²) in [7, 11) is 0. The van der Waals surface area contributed by atoms with Crippen molar-refractivity contribution < 1.29 is 0 Å². The average molecular weight is 263 g/mol. The molecule has 0 spiro atoms. The molecule has 0 aliphatic rings. The number of rotatable bonds is 3. The zero-order chi connectivity index (χ0) is 14.1. The predicted octanol–water partition coefficient (Wildman–Crippen LogP) is 3.99. The molecular weight excluding hydrogens is 246 g/mol. The molecular formula is C17H17N3. The average Bonchev–Trinajstić information content (AvgIpc) is 2.86. The Labute approximate surface area is 118 Å². The first kappa shape index (κ1) is 12.6. The van der Waals surface area contributed by atoms with Crippen LogP contribution in [0.1, 0.15) is 24.1 Å². The smallest absolute Gasteiger partial charge is 0.116 e. The lowest BCUT2D eigenvalue weighted by atomic mass is 9.98. The molecule has 0 saturated carbocycles. The van der Waals surface area contributed by atoms with E-state index in [-0.39, 0.29) is 5.92 Å². The van der Waals surface area contributed by atoms with E-state index >= 15 is 0 Å². The third-order valence-electron chi connectivity index (χ3n) is 3.52. The van der Waals surface area contributed by atoms with Gasteiger partial charge in [0, 0.05) is 23.4 Å². The summed E-state index contributed by atoms with van der Waals surface area (Å²) < 4.78 is 1.91. The minimum absolute atomic E-state index is 0.229. The van der Waals surface area contributed by atoms with E-state index in [1.54, 1.807) is 0 Å². The van der Waals surface area contributed by atoms with E-state index in [1.165, 1.54) is 5.56 Å². The fourth-order valence-electron chi connectivity index (χ4n) is 2.45. The SMILES string of the molecule is C=CC(C)c1c(-c2cccc(C)n2)nn2ccccc12. The fraction of sp³-hybridized carbons (Fsp3) is 0.176. The summed E-state index contributed by atoms with van der Waals surface area (Å²) in [5.41, 5.74) is 5.14. The molecule has 0 amide bonds. The Morgan fingerprint density at radius 3 is 2.80 bits per heavy atom. The lowest BCUT2D eigenvalue weighted by Gasteiger charge is -2.07. The van der Waals surface area contributed by atoms with Crippen LogP contribution in [0.2, 0.25) is 0 Å². The second kappa shape index (κ2) is 4.93. The molecule has 1 atom stereocenters. The van der Waals surface area contributed by atoms with E-state index in [0.29, 0.717) is 0 Å². The summed E-state index contributed by atoms with van der Waals surface area (Å²) in [6.45, 7) is 8.05. The van der Waals surface area contributed by atoms with Gasteiger partial charge in [0.1, 0.15) is 5.69 Å². The molecule has 3 aromatic rings. The number of allylic oxidation sites excluding steroid dienone is 1. The van der Waals surface area contributed by atoms with Crippen LogP contribution in [0.3, 0.4) is 0 Å². The van der Waals surface area contributed by atoms with Crippen molar-refractivity contribution in [2.45, 2.75) is 19.8 Å². The molecule has 3 rings (SSSR count). The maximum absolute atomic E-state index is 4.70. The topological polar surface area (TPSA) is 30.2 Å². The number of fused-ring (bicyclic) bond motifs is 1. The van der Waals surface area contributed by atoms with Crippen LogP contribution in [-0.4, -0.2) is 14.6 Å². The number of aromatic nitrogens is 3. The molecule has 0 radical (unpaired) electrons. The van der Waals surface area contributed by atoms with Crippen molar-refractivity contribution in [2.24, 2.45) is 0 Å². The quantitative estimate of drug-likeness (QED) is 0.669. The summed E-state index contributed by atoms with van der Waals surface area (Å²) in [5, 5.41) is 4.70. The highest BCUT2D eigenvalue weighted by atomic mass is 15.2. The Hall–Kier alpha value is -2.42. The Kier molecular flexibility index (Phi) is 3.11. The number of aryl methyl sites for hydroxylation is 1. The highest BCUT2D eigenvalue weighted by Gasteiger charge is 2.18. The van der Waals surface area contributed by atoms with Gasteiger partial charge in [-0.2, -0.15) is 5.10 Å². The molecule has 3 nitrogen and oxygen atoms in total. The standard InChI is InChI=1S/C17H17N3/c1-4-12(2)16-15-10-5-6-11-20(15)19-17(16)14-9-7-8-13(3)18-14/h4-12H,1H2,2-3H3. The van der Waals surface area contributed by atoms with Crippen molar-refractivity contribution in [1.82, 2.24) is 14.6 Å². The van der Waals surface area contributed by atoms with E-state index < -0.39 is 0 Å². The summed E-state index contributed by atoms with van der Waals surface area (Å²) in [5.74, 6) is 0.229. The van der Waals surface area contributed by atoms with Crippen molar-refractivity contribution in [2.75, 3.05) is 0 Å². The van der Waals surface area contributed by atoms with Crippen LogP contribution in [0.15, 0.2) is 55.3 Å². The first-order valence-corrected chi connectivity index (χ1v) is 6.74. The second-order valence-corrected chi connectivity index (χ2v) is 4.98. The van der Waals surface area contributed by atoms with Gasteiger partial charge in [-0.25, -0.2) is 4.52 Å². The highest BCUT2D eigenvalue weighted by Crippen LogP contribution is 2.31. The summed E-state index contributed by atoms with van der Waals surface area (Å²) in [6, 6.07) is 12.1. The normalized spacial score (nSPS) is 12.5. The van der Waals surface area contributed by atoms with Gasteiger partial charge in [0.25, 0.3) is 0 Å². The van der Waals surface area contributed by atoms with E-state index in [9.17, 15) is 0 Å². The minimum atomic E-state index is 0.229. The van der Waals surface area contributed by atoms with Gasteiger partial charge in [0.05, 0.1) is 11.2 Å². The van der Waals surface area contributed by atoms with Gasteiger partial charge >= 0.3 is 0 Å². The second-order valence-electron chi connectivity index (χ2n) is 4.98. The summed E-state index contributed by atoms with van der Waals surface area (Å²) in [4.78, 5) is 4.61. The van der Waals surface area contributed by atoms with Crippen molar-refractivity contribution in [3.63, 3.8) is 0 Å². The monoisotopic (exact) mass is 263 g/mol. The van der Waals surface area contributed by atoms with Gasteiger partial charge in [0.15, 0.2) is 0 Å². The Morgan fingerprint density at radius 2 is 2.05 bits per heavy atom. The molecule has 3 heterocycles. The maximum Gasteiger partial charge on any atom is 0.116 e. The van der Waals surface area contributed by atoms with E-state index in [1.807, 2.05) is 54.0 Å². The van der Waals surface area contributed by atoms with E-state index in [4.69, 9.17) is 5.10 Å². The molecule has 0 bridgehead atoms. The van der Waals surface area contributed by atoms with Crippen LogP contribution in [-0.2, 0) is 0 Å². The molecule has 100 valence electrons. The van der Waals surface area contributed by atoms with Crippen molar-refractivity contribution in [1.29, 1.82) is 0 Å². The molecule has 0 fully saturated rings. The number of hydrogen-bond acceptors (Lipinski definition) is 2. The lowest BCUT2D eigenvalue weighted by Crippen LogP contribution is -1.94. The third kappa shape index (κ3) is 2.01. The van der Waals surface area contributed by atoms with Crippen LogP contribution in [0.25, 0.3) is 16.9 Å². The summed E-state index contributed by atoms with van der Waals surface area (Å²) >= 11 is 0. The molecule has 0 aliphatic carbocycles. The van der Waals surface area contributed by atoms with Gasteiger partial charge in [-0.1, -0.05) is 25.1 Å². The first-order valence-electron chi connectivity index (χ1n) is 6.74. The first-order chi connectivity index (χ1) is 9.70. The molecule has 20 heavy (non-hydrogen) atoms. The molecule has 0 N–H and O–H groups in total. The Bertz CT molecular complexity index is 771. The highest BCUT2D eigenvalue weighted by molar-refractivity contribution is 5.72. The van der Waals surface area contributed by atoms with Crippen LogP contribution in [0, 0.1) is 6.92 Å². The Balaban J connectivity index is 2.32. The van der Waals surface area contributed by atoms with Crippen molar-refractivity contribution in [3.05, 3.63) is 66.5 Å². The van der Waals surface area contributed by atoms with E-state index in [0.717, 1.165) is 22.6 Å². The number of hydrogen-bond donors (Lipinski definition) is 0. The van der Waals surface area contributed by atoms with Crippen LogP contribution >= 0.6 is 0 Å². The van der Waals surface area contributed by atoms with Crippen molar-refractivity contribution in [3.8, 4) is 11.4 Å².